The number of rotatable bonds is 0. The van der Waals surface area contributed by atoms with E-state index in [0.717, 1.165) is 4.90 Å². The van der Waals surface area contributed by atoms with Crippen LogP contribution in [0.1, 0.15) is 59.6 Å². The highest BCUT2D eigenvalue weighted by Crippen LogP contribution is 2.57. The molecule has 1 spiro atoms. The van der Waals surface area contributed by atoms with E-state index in [4.69, 9.17) is 32.7 Å². The predicted molar refractivity (Wildman–Crippen MR) is 151 cm³/mol. The summed E-state index contributed by atoms with van der Waals surface area (Å²) < 4.78 is 26.1. The molecule has 0 bridgehead atoms. The highest BCUT2D eigenvalue weighted by molar-refractivity contribution is 6.32. The zero-order valence-corrected chi connectivity index (χ0v) is 24.7. The zero-order chi connectivity index (χ0) is 29.5. The van der Waals surface area contributed by atoms with Crippen LogP contribution in [-0.2, 0) is 19.8 Å². The number of carbonyl (C=O) groups excluding carboxylic acids is 3. The number of nitrogens with one attached hydrogen (secondary N) is 1. The van der Waals surface area contributed by atoms with Crippen LogP contribution < -0.4 is 10.2 Å². The van der Waals surface area contributed by atoms with Crippen molar-refractivity contribution in [3.8, 4) is 0 Å². The largest absolute Gasteiger partial charge is 0.444 e. The fourth-order valence-electron chi connectivity index (χ4n) is 5.63. The van der Waals surface area contributed by atoms with Crippen molar-refractivity contribution in [1.82, 2.24) is 4.90 Å². The molecule has 0 unspecified atom stereocenters. The van der Waals surface area contributed by atoms with E-state index in [9.17, 15) is 18.8 Å². The van der Waals surface area contributed by atoms with Gasteiger partial charge < -0.3 is 14.8 Å². The quantitative estimate of drug-likeness (QED) is 0.352. The molecule has 40 heavy (non-hydrogen) atoms. The molecule has 2 aromatic rings. The van der Waals surface area contributed by atoms with Crippen molar-refractivity contribution in [2.75, 3.05) is 10.2 Å². The zero-order valence-electron chi connectivity index (χ0n) is 23.2. The lowest BCUT2D eigenvalue weighted by Crippen LogP contribution is -2.67. The summed E-state index contributed by atoms with van der Waals surface area (Å²) in [5.74, 6) is -1.36. The summed E-state index contributed by atoms with van der Waals surface area (Å²) in [7, 11) is 0. The minimum Gasteiger partial charge on any atom is -0.444 e. The van der Waals surface area contributed by atoms with Crippen LogP contribution >= 0.6 is 23.2 Å². The SMILES string of the molecule is C[C@H]1C=C2c3cc(F)c(Cl)cc3N[C@H]2[C@]2(C(=O)N(C(=O)OC(C)(C)C)c3ccc(Cl)cc32)N1C(=O)OC(C)(C)C. The number of hydrogen-bond donors (Lipinski definition) is 1. The third-order valence-corrected chi connectivity index (χ3v) is 7.44. The Hall–Kier alpha value is -3.30. The molecule has 3 amide bonds. The van der Waals surface area contributed by atoms with Gasteiger partial charge in [0, 0.05) is 21.8 Å². The molecule has 3 heterocycles. The van der Waals surface area contributed by atoms with E-state index in [0.29, 0.717) is 22.4 Å². The van der Waals surface area contributed by atoms with Gasteiger partial charge in [-0.2, -0.15) is 0 Å². The minimum absolute atomic E-state index is 0.104. The van der Waals surface area contributed by atoms with Crippen LogP contribution in [0.2, 0.25) is 10.0 Å². The smallest absolute Gasteiger partial charge is 0.421 e. The number of benzene rings is 2. The number of carbonyl (C=O) groups is 3. The lowest BCUT2D eigenvalue weighted by molar-refractivity contribution is -0.131. The van der Waals surface area contributed by atoms with Crippen molar-refractivity contribution in [1.29, 1.82) is 0 Å². The Bertz CT molecular complexity index is 1500. The second-order valence-electron chi connectivity index (χ2n) is 12.2. The number of ether oxygens (including phenoxy) is 2. The Balaban J connectivity index is 1.80. The van der Waals surface area contributed by atoms with E-state index >= 15 is 0 Å². The summed E-state index contributed by atoms with van der Waals surface area (Å²) in [5.41, 5.74) is -1.60. The molecule has 0 saturated heterocycles. The summed E-state index contributed by atoms with van der Waals surface area (Å²) in [6, 6.07) is 5.72. The van der Waals surface area contributed by atoms with Crippen LogP contribution in [0.5, 0.6) is 0 Å². The molecular formula is C29H30Cl2FN3O5. The molecule has 0 fully saturated rings. The molecule has 3 aliphatic heterocycles. The molecule has 11 heteroatoms. The fraction of sp³-hybridized carbons (Fsp3) is 0.414. The van der Waals surface area contributed by atoms with Crippen molar-refractivity contribution < 1.29 is 28.2 Å². The van der Waals surface area contributed by atoms with Crippen molar-refractivity contribution in [3.05, 3.63) is 63.4 Å². The number of hydrogen-bond acceptors (Lipinski definition) is 6. The molecule has 5 rings (SSSR count). The van der Waals surface area contributed by atoms with Gasteiger partial charge in [-0.05, 0) is 84.4 Å². The Morgan fingerprint density at radius 2 is 1.62 bits per heavy atom. The monoisotopic (exact) mass is 589 g/mol. The molecule has 2 aromatic carbocycles. The van der Waals surface area contributed by atoms with Gasteiger partial charge in [-0.1, -0.05) is 29.3 Å². The first kappa shape index (κ1) is 28.2. The Kier molecular flexibility index (Phi) is 6.43. The van der Waals surface area contributed by atoms with Gasteiger partial charge in [-0.15, -0.1) is 0 Å². The predicted octanol–water partition coefficient (Wildman–Crippen LogP) is 7.13. The summed E-state index contributed by atoms with van der Waals surface area (Å²) in [6.07, 6.45) is 0.0950. The number of nitrogens with zero attached hydrogens (tertiary/aromatic N) is 2. The molecule has 3 atom stereocenters. The molecule has 3 aliphatic rings. The van der Waals surface area contributed by atoms with Crippen LogP contribution in [-0.4, -0.2) is 46.3 Å². The van der Waals surface area contributed by atoms with Gasteiger partial charge in [0.1, 0.15) is 17.0 Å². The van der Waals surface area contributed by atoms with Crippen LogP contribution in [0.4, 0.5) is 25.4 Å². The summed E-state index contributed by atoms with van der Waals surface area (Å²) >= 11 is 12.6. The third-order valence-electron chi connectivity index (χ3n) is 6.91. The third kappa shape index (κ3) is 4.30. The average molecular weight is 590 g/mol. The molecule has 1 N–H and O–H groups in total. The van der Waals surface area contributed by atoms with Crippen molar-refractivity contribution in [3.63, 3.8) is 0 Å². The summed E-state index contributed by atoms with van der Waals surface area (Å²) in [6.45, 7) is 11.9. The molecule has 0 radical (unpaired) electrons. The second kappa shape index (κ2) is 9.11. The number of halogens is 3. The van der Waals surface area contributed by atoms with Gasteiger partial charge in [-0.3, -0.25) is 9.69 Å². The van der Waals surface area contributed by atoms with E-state index in [-0.39, 0.29) is 15.7 Å². The number of amides is 3. The number of anilines is 2. The van der Waals surface area contributed by atoms with E-state index in [2.05, 4.69) is 5.32 Å². The van der Waals surface area contributed by atoms with Crippen LogP contribution in [0.15, 0.2) is 36.4 Å². The van der Waals surface area contributed by atoms with E-state index in [1.165, 1.54) is 17.0 Å². The Morgan fingerprint density at radius 1 is 1.00 bits per heavy atom. The van der Waals surface area contributed by atoms with Crippen LogP contribution in [0.25, 0.3) is 5.57 Å². The maximum absolute atomic E-state index is 14.8. The first-order valence-corrected chi connectivity index (χ1v) is 13.6. The normalized spacial score (nSPS) is 23.4. The average Bonchev–Trinajstić information content (AvgIpc) is 3.25. The maximum atomic E-state index is 14.8. The van der Waals surface area contributed by atoms with Gasteiger partial charge in [-0.25, -0.2) is 18.9 Å². The molecule has 212 valence electrons. The second-order valence-corrected chi connectivity index (χ2v) is 13.0. The standard InChI is InChI=1S/C29H30Cl2FN3O5/c1-14-10-17-16-12-20(32)19(31)13-21(16)33-23(17)29(35(14)26(38)40-28(5,6)7)18-11-15(30)8-9-22(18)34(24(29)36)25(37)39-27(2,3)4/h8-14,23,33H,1-7H3/t14-,23+,29+/m0/s1. The lowest BCUT2D eigenvalue weighted by atomic mass is 9.74. The van der Waals surface area contributed by atoms with Gasteiger partial charge in [0.2, 0.25) is 0 Å². The van der Waals surface area contributed by atoms with Gasteiger partial charge in [0.25, 0.3) is 5.91 Å². The molecule has 8 nitrogen and oxygen atoms in total. The summed E-state index contributed by atoms with van der Waals surface area (Å²) in [4.78, 5) is 44.5. The van der Waals surface area contributed by atoms with Crippen molar-refractivity contribution in [2.24, 2.45) is 0 Å². The summed E-state index contributed by atoms with van der Waals surface area (Å²) in [5, 5.41) is 3.48. The van der Waals surface area contributed by atoms with Gasteiger partial charge >= 0.3 is 12.2 Å². The van der Waals surface area contributed by atoms with Crippen LogP contribution in [0.3, 0.4) is 0 Å². The molecular weight excluding hydrogens is 560 g/mol. The van der Waals surface area contributed by atoms with Gasteiger partial charge in [0.15, 0.2) is 5.54 Å². The van der Waals surface area contributed by atoms with E-state index < -0.39 is 52.7 Å². The maximum Gasteiger partial charge on any atom is 0.421 e. The van der Waals surface area contributed by atoms with E-state index in [1.807, 2.05) is 0 Å². The van der Waals surface area contributed by atoms with Crippen molar-refractivity contribution >= 4 is 58.2 Å². The fourth-order valence-corrected chi connectivity index (χ4v) is 5.97. The molecule has 0 saturated carbocycles. The van der Waals surface area contributed by atoms with E-state index in [1.54, 1.807) is 72.7 Å². The first-order chi connectivity index (χ1) is 18.5. The van der Waals surface area contributed by atoms with Crippen LogP contribution in [0, 0.1) is 5.82 Å². The highest BCUT2D eigenvalue weighted by Gasteiger charge is 2.67. The number of fused-ring (bicyclic) bond motifs is 6. The highest BCUT2D eigenvalue weighted by atomic mass is 35.5. The topological polar surface area (TPSA) is 88.2 Å². The Morgan fingerprint density at radius 3 is 2.25 bits per heavy atom. The Labute approximate surface area is 242 Å². The number of imide groups is 1. The minimum atomic E-state index is -1.86. The lowest BCUT2D eigenvalue weighted by Gasteiger charge is -2.49. The first-order valence-electron chi connectivity index (χ1n) is 12.8. The molecule has 0 aliphatic carbocycles. The van der Waals surface area contributed by atoms with Gasteiger partial charge in [0.05, 0.1) is 22.8 Å². The van der Waals surface area contributed by atoms with Crippen molar-refractivity contribution in [2.45, 2.75) is 77.3 Å². The molecule has 0 aromatic heterocycles.